The summed E-state index contributed by atoms with van der Waals surface area (Å²) >= 11 is 3.14. The zero-order valence-electron chi connectivity index (χ0n) is 10.5. The summed E-state index contributed by atoms with van der Waals surface area (Å²) in [6, 6.07) is 13.8. The van der Waals surface area contributed by atoms with Gasteiger partial charge in [0.2, 0.25) is 0 Å². The Bertz CT molecular complexity index is 891. The maximum atomic E-state index is 12.0. The summed E-state index contributed by atoms with van der Waals surface area (Å²) in [6.45, 7) is 0.245. The number of nitrogens with one attached hydrogen (secondary N) is 1. The van der Waals surface area contributed by atoms with Crippen molar-refractivity contribution in [3.63, 3.8) is 0 Å². The summed E-state index contributed by atoms with van der Waals surface area (Å²) in [6.07, 6.45) is 1.37. The van der Waals surface area contributed by atoms with Gasteiger partial charge in [0.05, 0.1) is 11.0 Å². The maximum Gasteiger partial charge on any atom is 0.328 e. The van der Waals surface area contributed by atoms with E-state index in [0.717, 1.165) is 16.3 Å². The standard InChI is InChI=1S/C15H11BrN2O2/c16-13-8-17-15(20)18(14(13)19)9-11-6-3-5-10-4-1-2-7-12(10)11/h1-8H,9H2,(H,17,20). The number of benzene rings is 2. The van der Waals surface area contributed by atoms with E-state index in [-0.39, 0.29) is 12.1 Å². The molecule has 0 saturated heterocycles. The third-order valence-corrected chi connectivity index (χ3v) is 3.79. The largest absolute Gasteiger partial charge is 0.328 e. The van der Waals surface area contributed by atoms with Crippen LogP contribution in [0.5, 0.6) is 0 Å². The molecule has 0 saturated carbocycles. The van der Waals surface area contributed by atoms with Gasteiger partial charge in [-0.05, 0) is 32.3 Å². The third-order valence-electron chi connectivity index (χ3n) is 3.23. The second kappa shape index (κ2) is 5.09. The van der Waals surface area contributed by atoms with E-state index in [1.54, 1.807) is 0 Å². The lowest BCUT2D eigenvalue weighted by Gasteiger charge is -2.08. The zero-order chi connectivity index (χ0) is 14.1. The minimum atomic E-state index is -0.411. The van der Waals surface area contributed by atoms with Crippen LogP contribution >= 0.6 is 15.9 Å². The lowest BCUT2D eigenvalue weighted by molar-refractivity contribution is 0.697. The summed E-state index contributed by atoms with van der Waals surface area (Å²) in [5.41, 5.74) is 0.196. The summed E-state index contributed by atoms with van der Waals surface area (Å²) < 4.78 is 1.53. The van der Waals surface area contributed by atoms with Crippen LogP contribution in [0.1, 0.15) is 5.56 Å². The Hall–Kier alpha value is -2.14. The number of rotatable bonds is 2. The fourth-order valence-corrected chi connectivity index (χ4v) is 2.56. The maximum absolute atomic E-state index is 12.0. The summed E-state index contributed by atoms with van der Waals surface area (Å²) in [4.78, 5) is 26.4. The minimum absolute atomic E-state index is 0.245. The lowest BCUT2D eigenvalue weighted by atomic mass is 10.0. The molecule has 1 heterocycles. The number of hydrogen-bond donors (Lipinski definition) is 1. The van der Waals surface area contributed by atoms with Crippen LogP contribution in [-0.2, 0) is 6.54 Å². The van der Waals surface area contributed by atoms with E-state index in [4.69, 9.17) is 0 Å². The average Bonchev–Trinajstić information content (AvgIpc) is 2.48. The number of aromatic nitrogens is 2. The highest BCUT2D eigenvalue weighted by atomic mass is 79.9. The molecule has 20 heavy (non-hydrogen) atoms. The van der Waals surface area contributed by atoms with Crippen molar-refractivity contribution < 1.29 is 0 Å². The van der Waals surface area contributed by atoms with E-state index in [1.165, 1.54) is 10.8 Å². The van der Waals surface area contributed by atoms with Gasteiger partial charge in [-0.2, -0.15) is 0 Å². The van der Waals surface area contributed by atoms with E-state index in [9.17, 15) is 9.59 Å². The molecule has 0 aliphatic carbocycles. The van der Waals surface area contributed by atoms with E-state index in [0.29, 0.717) is 4.47 Å². The lowest BCUT2D eigenvalue weighted by Crippen LogP contribution is -2.35. The molecule has 1 N–H and O–H groups in total. The molecule has 3 rings (SSSR count). The highest BCUT2D eigenvalue weighted by Crippen LogP contribution is 2.18. The van der Waals surface area contributed by atoms with E-state index >= 15 is 0 Å². The SMILES string of the molecule is O=c1[nH]cc(Br)c(=O)n1Cc1cccc2ccccc12. The third kappa shape index (κ3) is 2.20. The molecule has 2 aromatic carbocycles. The molecule has 0 bridgehead atoms. The first-order chi connectivity index (χ1) is 9.66. The molecule has 3 aromatic rings. The van der Waals surface area contributed by atoms with Gasteiger partial charge in [0, 0.05) is 6.20 Å². The monoisotopic (exact) mass is 330 g/mol. The fourth-order valence-electron chi connectivity index (χ4n) is 2.23. The summed E-state index contributed by atoms with van der Waals surface area (Å²) in [7, 11) is 0. The number of halogens is 1. The van der Waals surface area contributed by atoms with Crippen molar-refractivity contribution in [1.29, 1.82) is 0 Å². The first kappa shape index (κ1) is 12.9. The van der Waals surface area contributed by atoms with Gasteiger partial charge in [-0.25, -0.2) is 4.79 Å². The first-order valence-electron chi connectivity index (χ1n) is 6.11. The molecule has 5 heteroatoms. The number of H-pyrrole nitrogens is 1. The van der Waals surface area contributed by atoms with Gasteiger partial charge in [-0.3, -0.25) is 9.36 Å². The molecular formula is C15H11BrN2O2. The van der Waals surface area contributed by atoms with Crippen molar-refractivity contribution in [3.05, 3.63) is 79.5 Å². The molecule has 0 unspecified atom stereocenters. The van der Waals surface area contributed by atoms with Crippen molar-refractivity contribution >= 4 is 26.7 Å². The number of fused-ring (bicyclic) bond motifs is 1. The van der Waals surface area contributed by atoms with Crippen LogP contribution < -0.4 is 11.2 Å². The molecule has 0 atom stereocenters. The normalized spacial score (nSPS) is 10.8. The Morgan fingerprint density at radius 3 is 2.65 bits per heavy atom. The van der Waals surface area contributed by atoms with Crippen LogP contribution in [0.15, 0.2) is 62.7 Å². The molecule has 0 fully saturated rings. The van der Waals surface area contributed by atoms with Crippen LogP contribution in [0, 0.1) is 0 Å². The second-order valence-electron chi connectivity index (χ2n) is 4.47. The average molecular weight is 331 g/mol. The predicted octanol–water partition coefficient (Wildman–Crippen LogP) is 2.50. The Kier molecular flexibility index (Phi) is 3.28. The van der Waals surface area contributed by atoms with Crippen molar-refractivity contribution in [2.45, 2.75) is 6.54 Å². The first-order valence-corrected chi connectivity index (χ1v) is 6.91. The van der Waals surface area contributed by atoms with E-state index in [1.807, 2.05) is 42.5 Å². The van der Waals surface area contributed by atoms with Gasteiger partial charge >= 0.3 is 5.69 Å². The van der Waals surface area contributed by atoms with Crippen LogP contribution in [0.3, 0.4) is 0 Å². The van der Waals surface area contributed by atoms with E-state index in [2.05, 4.69) is 20.9 Å². The Morgan fingerprint density at radius 1 is 1.05 bits per heavy atom. The van der Waals surface area contributed by atoms with Gasteiger partial charge in [-0.15, -0.1) is 0 Å². The number of aromatic amines is 1. The smallest absolute Gasteiger partial charge is 0.313 e. The van der Waals surface area contributed by atoms with E-state index < -0.39 is 5.69 Å². The fraction of sp³-hybridized carbons (Fsp3) is 0.0667. The van der Waals surface area contributed by atoms with Gasteiger partial charge in [0.15, 0.2) is 0 Å². The van der Waals surface area contributed by atoms with Crippen molar-refractivity contribution in [2.75, 3.05) is 0 Å². The topological polar surface area (TPSA) is 54.9 Å². The quantitative estimate of drug-likeness (QED) is 0.784. The van der Waals surface area contributed by atoms with Gasteiger partial charge in [0.1, 0.15) is 0 Å². The van der Waals surface area contributed by atoms with Gasteiger partial charge in [0.25, 0.3) is 5.56 Å². The molecule has 0 aliphatic rings. The van der Waals surface area contributed by atoms with Gasteiger partial charge in [-0.1, -0.05) is 42.5 Å². The summed E-state index contributed by atoms with van der Waals surface area (Å²) in [5, 5.41) is 2.13. The molecule has 0 spiro atoms. The van der Waals surface area contributed by atoms with Crippen LogP contribution in [-0.4, -0.2) is 9.55 Å². The van der Waals surface area contributed by atoms with Crippen molar-refractivity contribution in [3.8, 4) is 0 Å². The molecule has 100 valence electrons. The summed E-state index contributed by atoms with van der Waals surface area (Å²) in [5.74, 6) is 0. The number of nitrogens with zero attached hydrogens (tertiary/aromatic N) is 1. The minimum Gasteiger partial charge on any atom is -0.313 e. The molecule has 1 aromatic heterocycles. The van der Waals surface area contributed by atoms with Crippen LogP contribution in [0.25, 0.3) is 10.8 Å². The highest BCUT2D eigenvalue weighted by Gasteiger charge is 2.07. The molecule has 0 radical (unpaired) electrons. The zero-order valence-corrected chi connectivity index (χ0v) is 12.1. The van der Waals surface area contributed by atoms with Crippen molar-refractivity contribution in [2.24, 2.45) is 0 Å². The van der Waals surface area contributed by atoms with Crippen LogP contribution in [0.2, 0.25) is 0 Å². The predicted molar refractivity (Wildman–Crippen MR) is 82.1 cm³/mol. The van der Waals surface area contributed by atoms with Gasteiger partial charge < -0.3 is 4.98 Å². The second-order valence-corrected chi connectivity index (χ2v) is 5.33. The molecular weight excluding hydrogens is 320 g/mol. The molecule has 0 aliphatic heterocycles. The Labute approximate surface area is 122 Å². The molecule has 4 nitrogen and oxygen atoms in total. The number of hydrogen-bond acceptors (Lipinski definition) is 2. The van der Waals surface area contributed by atoms with Crippen LogP contribution in [0.4, 0.5) is 0 Å². The Balaban J connectivity index is 2.18. The molecule has 0 amide bonds. The van der Waals surface area contributed by atoms with Crippen molar-refractivity contribution in [1.82, 2.24) is 9.55 Å². The Morgan fingerprint density at radius 2 is 1.80 bits per heavy atom. The highest BCUT2D eigenvalue weighted by molar-refractivity contribution is 9.10.